The Balaban J connectivity index is 1.33. The Kier molecular flexibility index (Phi) is 4.46. The first kappa shape index (κ1) is 18.8. The summed E-state index contributed by atoms with van der Waals surface area (Å²) in [5.41, 5.74) is 6.06. The van der Waals surface area contributed by atoms with Gasteiger partial charge in [0.05, 0.1) is 54.4 Å². The Hall–Kier alpha value is -3.98. The molecule has 5 heterocycles. The predicted octanol–water partition coefficient (Wildman–Crippen LogP) is 2.61. The van der Waals surface area contributed by atoms with Crippen LogP contribution in [0.2, 0.25) is 0 Å². The number of ether oxygens (including phenoxy) is 1. The third-order valence-corrected chi connectivity index (χ3v) is 5.95. The molecule has 9 heteroatoms. The summed E-state index contributed by atoms with van der Waals surface area (Å²) < 4.78 is 7.39. The Morgan fingerprint density at radius 2 is 1.94 bits per heavy atom. The second-order valence-corrected chi connectivity index (χ2v) is 7.77. The van der Waals surface area contributed by atoms with Gasteiger partial charge in [0, 0.05) is 37.6 Å². The van der Waals surface area contributed by atoms with Gasteiger partial charge in [0.15, 0.2) is 5.65 Å². The van der Waals surface area contributed by atoms with E-state index >= 15 is 0 Å². The molecule has 0 unspecified atom stereocenters. The van der Waals surface area contributed by atoms with Crippen molar-refractivity contribution in [3.05, 3.63) is 66.4 Å². The minimum absolute atomic E-state index is 0.0928. The lowest BCUT2D eigenvalue weighted by molar-refractivity contribution is 0.0966. The van der Waals surface area contributed by atoms with E-state index in [2.05, 4.69) is 30.5 Å². The van der Waals surface area contributed by atoms with Gasteiger partial charge in [-0.25, -0.2) is 9.97 Å². The SMILES string of the molecule is O=C1NCc2c(-c3cnc4cnccn34)ccc(Nc3ccc(N4CCOCC4)cn3)c21. The van der Waals surface area contributed by atoms with Gasteiger partial charge in [0.25, 0.3) is 5.91 Å². The number of morpholine rings is 1. The fourth-order valence-electron chi connectivity index (χ4n) is 4.34. The van der Waals surface area contributed by atoms with Gasteiger partial charge in [-0.2, -0.15) is 0 Å². The molecule has 0 atom stereocenters. The first-order valence-corrected chi connectivity index (χ1v) is 10.6. The Labute approximate surface area is 184 Å². The first-order chi connectivity index (χ1) is 15.8. The van der Waals surface area contributed by atoms with Gasteiger partial charge in [0.2, 0.25) is 0 Å². The van der Waals surface area contributed by atoms with E-state index < -0.39 is 0 Å². The number of carbonyl (C=O) groups excluding carboxylic acids is 1. The highest BCUT2D eigenvalue weighted by molar-refractivity contribution is 6.06. The van der Waals surface area contributed by atoms with Crippen LogP contribution >= 0.6 is 0 Å². The van der Waals surface area contributed by atoms with Crippen molar-refractivity contribution in [1.29, 1.82) is 0 Å². The molecule has 2 aliphatic rings. The number of aromatic nitrogens is 4. The zero-order chi connectivity index (χ0) is 21.5. The second-order valence-electron chi connectivity index (χ2n) is 7.77. The molecule has 9 nitrogen and oxygen atoms in total. The van der Waals surface area contributed by atoms with Crippen LogP contribution in [0.5, 0.6) is 0 Å². The number of nitrogens with one attached hydrogen (secondary N) is 2. The number of carbonyl (C=O) groups is 1. The Bertz CT molecular complexity index is 1310. The molecular weight excluding hydrogens is 406 g/mol. The quantitative estimate of drug-likeness (QED) is 0.517. The van der Waals surface area contributed by atoms with Crippen LogP contribution in [0.3, 0.4) is 0 Å². The summed E-state index contributed by atoms with van der Waals surface area (Å²) >= 11 is 0. The summed E-state index contributed by atoms with van der Waals surface area (Å²) in [5, 5.41) is 6.28. The number of pyridine rings is 1. The molecule has 2 N–H and O–H groups in total. The summed E-state index contributed by atoms with van der Waals surface area (Å²) in [6.07, 6.45) is 8.99. The lowest BCUT2D eigenvalue weighted by atomic mass is 9.99. The third kappa shape index (κ3) is 3.14. The van der Waals surface area contributed by atoms with E-state index in [1.807, 2.05) is 47.3 Å². The van der Waals surface area contributed by atoms with Gasteiger partial charge in [-0.3, -0.25) is 14.2 Å². The second kappa shape index (κ2) is 7.61. The summed E-state index contributed by atoms with van der Waals surface area (Å²) in [4.78, 5) is 28.1. The number of fused-ring (bicyclic) bond motifs is 2. The maximum Gasteiger partial charge on any atom is 0.254 e. The zero-order valence-electron chi connectivity index (χ0n) is 17.3. The molecule has 32 heavy (non-hydrogen) atoms. The van der Waals surface area contributed by atoms with Gasteiger partial charge >= 0.3 is 0 Å². The fraction of sp³-hybridized carbons (Fsp3) is 0.217. The summed E-state index contributed by atoms with van der Waals surface area (Å²) in [7, 11) is 0. The van der Waals surface area contributed by atoms with Crippen LogP contribution in [0.15, 0.2) is 55.2 Å². The van der Waals surface area contributed by atoms with Crippen LogP contribution in [-0.2, 0) is 11.3 Å². The van der Waals surface area contributed by atoms with Gasteiger partial charge in [-0.1, -0.05) is 6.07 Å². The van der Waals surface area contributed by atoms with Crippen molar-refractivity contribution >= 4 is 28.7 Å². The molecule has 1 saturated heterocycles. The molecule has 0 bridgehead atoms. The van der Waals surface area contributed by atoms with Crippen LogP contribution in [0.4, 0.5) is 17.2 Å². The highest BCUT2D eigenvalue weighted by atomic mass is 16.5. The maximum atomic E-state index is 12.7. The standard InChI is InChI=1S/C23H21N7O2/c31-23-22-17(12-27-23)16(19-13-26-21-14-24-5-6-30(19)21)2-3-18(22)28-20-4-1-15(11-25-20)29-7-9-32-10-8-29/h1-6,11,13-14H,7-10,12H2,(H,25,28)(H,27,31). The molecule has 1 aromatic carbocycles. The molecule has 0 saturated carbocycles. The number of benzene rings is 1. The van der Waals surface area contributed by atoms with Crippen LogP contribution < -0.4 is 15.5 Å². The lowest BCUT2D eigenvalue weighted by Gasteiger charge is -2.28. The van der Waals surface area contributed by atoms with E-state index in [1.54, 1.807) is 12.4 Å². The van der Waals surface area contributed by atoms with E-state index in [0.717, 1.165) is 60.1 Å². The predicted molar refractivity (Wildman–Crippen MR) is 120 cm³/mol. The van der Waals surface area contributed by atoms with Crippen molar-refractivity contribution < 1.29 is 9.53 Å². The summed E-state index contributed by atoms with van der Waals surface area (Å²) in [6.45, 7) is 3.67. The number of rotatable bonds is 4. The highest BCUT2D eigenvalue weighted by Gasteiger charge is 2.27. The van der Waals surface area contributed by atoms with E-state index in [9.17, 15) is 4.79 Å². The molecule has 0 aliphatic carbocycles. The fourth-order valence-corrected chi connectivity index (χ4v) is 4.34. The van der Waals surface area contributed by atoms with Crippen molar-refractivity contribution in [2.45, 2.75) is 6.54 Å². The number of anilines is 3. The van der Waals surface area contributed by atoms with Crippen LogP contribution in [0, 0.1) is 0 Å². The minimum Gasteiger partial charge on any atom is -0.378 e. The minimum atomic E-state index is -0.0928. The van der Waals surface area contributed by atoms with E-state index in [0.29, 0.717) is 17.9 Å². The average Bonchev–Trinajstić information content (AvgIpc) is 3.45. The zero-order valence-corrected chi connectivity index (χ0v) is 17.3. The summed E-state index contributed by atoms with van der Waals surface area (Å²) in [6, 6.07) is 7.93. The van der Waals surface area contributed by atoms with Crippen molar-refractivity contribution in [3.8, 4) is 11.3 Å². The topological polar surface area (TPSA) is 96.7 Å². The molecule has 2 aliphatic heterocycles. The number of nitrogens with zero attached hydrogens (tertiary/aromatic N) is 5. The van der Waals surface area contributed by atoms with E-state index in [-0.39, 0.29) is 5.91 Å². The van der Waals surface area contributed by atoms with Gasteiger partial charge < -0.3 is 20.3 Å². The first-order valence-electron chi connectivity index (χ1n) is 10.6. The van der Waals surface area contributed by atoms with Crippen molar-refractivity contribution in [2.75, 3.05) is 36.5 Å². The van der Waals surface area contributed by atoms with Crippen LogP contribution in [0.1, 0.15) is 15.9 Å². The third-order valence-electron chi connectivity index (χ3n) is 5.95. The Morgan fingerprint density at radius 3 is 2.78 bits per heavy atom. The summed E-state index contributed by atoms with van der Waals surface area (Å²) in [5.74, 6) is 0.599. The van der Waals surface area contributed by atoms with Crippen molar-refractivity contribution in [2.24, 2.45) is 0 Å². The molecule has 1 amide bonds. The van der Waals surface area contributed by atoms with E-state index in [4.69, 9.17) is 4.74 Å². The van der Waals surface area contributed by atoms with Crippen LogP contribution in [-0.4, -0.2) is 51.6 Å². The van der Waals surface area contributed by atoms with Crippen molar-refractivity contribution in [3.63, 3.8) is 0 Å². The number of hydrogen-bond acceptors (Lipinski definition) is 7. The van der Waals surface area contributed by atoms with Crippen molar-refractivity contribution in [1.82, 2.24) is 24.7 Å². The lowest BCUT2D eigenvalue weighted by Crippen LogP contribution is -2.36. The molecule has 6 rings (SSSR count). The molecule has 4 aromatic rings. The van der Waals surface area contributed by atoms with Gasteiger partial charge in [-0.05, 0) is 23.8 Å². The molecule has 0 radical (unpaired) electrons. The number of amides is 1. The average molecular weight is 427 g/mol. The van der Waals surface area contributed by atoms with Gasteiger partial charge in [0.1, 0.15) is 5.82 Å². The molecule has 3 aromatic heterocycles. The smallest absolute Gasteiger partial charge is 0.254 e. The highest BCUT2D eigenvalue weighted by Crippen LogP contribution is 2.35. The molecular formula is C23H21N7O2. The Morgan fingerprint density at radius 1 is 1.03 bits per heavy atom. The van der Waals surface area contributed by atoms with Gasteiger partial charge in [-0.15, -0.1) is 0 Å². The normalized spacial score (nSPS) is 15.6. The molecule has 1 fully saturated rings. The van der Waals surface area contributed by atoms with Crippen LogP contribution in [0.25, 0.3) is 16.9 Å². The van der Waals surface area contributed by atoms with E-state index in [1.165, 1.54) is 0 Å². The largest absolute Gasteiger partial charge is 0.378 e. The molecule has 0 spiro atoms. The monoisotopic (exact) mass is 427 g/mol. The number of imidazole rings is 1. The number of hydrogen-bond donors (Lipinski definition) is 2. The maximum absolute atomic E-state index is 12.7. The molecule has 160 valence electrons.